The Labute approximate surface area is 416 Å². The maximum atomic E-state index is 14.5. The van der Waals surface area contributed by atoms with Crippen molar-refractivity contribution in [1.82, 2.24) is 4.90 Å². The number of aliphatic hydroxyl groups is 3. The predicted molar refractivity (Wildman–Crippen MR) is 263 cm³/mol. The molecule has 3 fully saturated rings. The van der Waals surface area contributed by atoms with Gasteiger partial charge in [-0.15, -0.1) is 0 Å². The van der Waals surface area contributed by atoms with E-state index in [-0.39, 0.29) is 80.5 Å². The van der Waals surface area contributed by atoms with Crippen LogP contribution in [0.15, 0.2) is 47.6 Å². The summed E-state index contributed by atoms with van der Waals surface area (Å²) in [5, 5.41) is 32.9. The summed E-state index contributed by atoms with van der Waals surface area (Å²) in [5.74, 6) is -5.37. The summed E-state index contributed by atoms with van der Waals surface area (Å²) >= 11 is 0. The molecular weight excluding hydrogens is 899 g/mol. The molecule has 0 radical (unpaired) electrons. The van der Waals surface area contributed by atoms with Crippen LogP contribution >= 0.6 is 0 Å². The van der Waals surface area contributed by atoms with Gasteiger partial charge < -0.3 is 48.6 Å². The average Bonchev–Trinajstić information content (AvgIpc) is 3.34. The van der Waals surface area contributed by atoms with Gasteiger partial charge in [0.1, 0.15) is 30.5 Å². The number of piperidine rings is 1. The van der Waals surface area contributed by atoms with Crippen molar-refractivity contribution in [3.63, 3.8) is 0 Å². The number of cyclic esters (lactones) is 1. The van der Waals surface area contributed by atoms with Gasteiger partial charge in [0.25, 0.3) is 11.7 Å². The lowest BCUT2D eigenvalue weighted by atomic mass is 9.78. The average molecular weight is 982 g/mol. The second-order valence-electron chi connectivity index (χ2n) is 20.4. The number of ketones is 3. The molecule has 3 heterocycles. The number of esters is 1. The molecule has 392 valence electrons. The molecule has 1 aliphatic carbocycles. The summed E-state index contributed by atoms with van der Waals surface area (Å²) in [6.07, 6.45) is 14.1. The second kappa shape index (κ2) is 28.3. The molecule has 0 aromatic heterocycles. The van der Waals surface area contributed by atoms with Gasteiger partial charge in [-0.3, -0.25) is 19.2 Å². The van der Waals surface area contributed by atoms with Crippen LogP contribution in [0.2, 0.25) is 0 Å². The Morgan fingerprint density at radius 3 is 2.34 bits per heavy atom. The first-order valence-corrected chi connectivity index (χ1v) is 25.6. The molecule has 1 unspecified atom stereocenters. The number of carbonyl (C=O) groups excluding carboxylic acids is 5. The predicted octanol–water partition coefficient (Wildman–Crippen LogP) is 6.55. The van der Waals surface area contributed by atoms with Crippen LogP contribution in [0.4, 0.5) is 0 Å². The zero-order valence-corrected chi connectivity index (χ0v) is 43.4. The van der Waals surface area contributed by atoms with Crippen LogP contribution in [0.5, 0.6) is 0 Å². The van der Waals surface area contributed by atoms with Crippen molar-refractivity contribution in [3.05, 3.63) is 47.6 Å². The molecule has 1 saturated carbocycles. The van der Waals surface area contributed by atoms with Crippen LogP contribution < -0.4 is 0 Å². The third kappa shape index (κ3) is 16.0. The molecule has 15 atom stereocenters. The first-order valence-electron chi connectivity index (χ1n) is 25.6. The number of allylic oxidation sites excluding steroid dienone is 6. The Kier molecular flexibility index (Phi) is 23.7. The van der Waals surface area contributed by atoms with Gasteiger partial charge in [-0.25, -0.2) is 4.79 Å². The monoisotopic (exact) mass is 982 g/mol. The van der Waals surface area contributed by atoms with Gasteiger partial charge >= 0.3 is 5.97 Å². The van der Waals surface area contributed by atoms with E-state index in [0.717, 1.165) is 12.0 Å². The number of aliphatic hydroxyl groups excluding tert-OH is 2. The van der Waals surface area contributed by atoms with Crippen LogP contribution in [0.1, 0.15) is 132 Å². The third-order valence-corrected chi connectivity index (χ3v) is 14.9. The molecule has 1 amide bonds. The number of nitrogens with zero attached hydrogens (tertiary/aromatic N) is 1. The summed E-state index contributed by atoms with van der Waals surface area (Å²) in [7, 11) is 3.01. The maximum absolute atomic E-state index is 14.5. The number of Topliss-reactive ketones (excluding diaryl/α,β-unsaturated/α-hetero) is 3. The van der Waals surface area contributed by atoms with Crippen molar-refractivity contribution in [2.45, 2.75) is 187 Å². The summed E-state index contributed by atoms with van der Waals surface area (Å²) in [6, 6.07) is -1.16. The minimum Gasteiger partial charge on any atom is -0.460 e. The minimum absolute atomic E-state index is 0.000785. The van der Waals surface area contributed by atoms with E-state index >= 15 is 0 Å². The molecule has 0 aromatic rings. The lowest BCUT2D eigenvalue weighted by molar-refractivity contribution is -0.265. The number of methoxy groups -OCH3 is 2. The number of rotatable bonds is 9. The fraction of sp³-hybridized carbons (Fsp3) is 0.727. The summed E-state index contributed by atoms with van der Waals surface area (Å²) in [4.78, 5) is 72.3. The highest BCUT2D eigenvalue weighted by Gasteiger charge is 2.53. The van der Waals surface area contributed by atoms with Crippen molar-refractivity contribution in [2.75, 3.05) is 34.0 Å². The molecule has 4 aliphatic rings. The molecule has 0 spiro atoms. The van der Waals surface area contributed by atoms with Crippen molar-refractivity contribution < 1.29 is 67.7 Å². The van der Waals surface area contributed by atoms with Crippen molar-refractivity contribution in [3.8, 4) is 12.0 Å². The first-order chi connectivity index (χ1) is 33.3. The van der Waals surface area contributed by atoms with Crippen LogP contribution in [-0.2, 0) is 52.4 Å². The van der Waals surface area contributed by atoms with E-state index in [1.165, 1.54) is 12.0 Å². The standard InChI is InChI=1S/C55H83NO14/c1-11-26-67-46-32-42-22-20-40(8)55(64,70-42)52(61)53(62)56-24-16-15-19-43(56)54(63)69-47(37(5)30-41-21-23-45(68-27-25-57)48(31-41)65-9)33-44(58)36(4)29-39(7)50(60)51(66-10)49(59)38(6)28-34(2)17-13-12-14-18-35(46)3/h12-14,17-18,29,34,37-43,45-48,50-51,57,60,64H,15-16,19-25,27-28,30-33H2,1-10H3/t34-,37-,38-,39?,40-,41+,42+,43+,45+,46+,47+,48-,50-,51+,55-/m1/s1. The maximum Gasteiger partial charge on any atom is 0.329 e. The number of fused-ring (bicyclic) bond motifs is 3. The number of hydrogen-bond donors (Lipinski definition) is 3. The summed E-state index contributed by atoms with van der Waals surface area (Å²) in [6.45, 7) is 14.4. The van der Waals surface area contributed by atoms with Crippen LogP contribution in [-0.4, -0.2) is 138 Å². The number of hydrogen-bond acceptors (Lipinski definition) is 14. The number of carbonyl (C=O) groups is 5. The molecule has 4 rings (SSSR count). The number of amides is 1. The van der Waals surface area contributed by atoms with E-state index in [1.54, 1.807) is 40.9 Å². The lowest BCUT2D eigenvalue weighted by Crippen LogP contribution is -2.61. The molecule has 2 saturated heterocycles. The van der Waals surface area contributed by atoms with Crippen LogP contribution in [0, 0.1) is 47.5 Å². The zero-order valence-electron chi connectivity index (χ0n) is 43.4. The second-order valence-corrected chi connectivity index (χ2v) is 20.4. The molecule has 3 N–H and O–H groups in total. The smallest absolute Gasteiger partial charge is 0.329 e. The molecular formula is C55H83NO14. The topological polar surface area (TPSA) is 205 Å². The normalized spacial score (nSPS) is 35.7. The lowest BCUT2D eigenvalue weighted by Gasteiger charge is -2.42. The molecule has 2 bridgehead atoms. The summed E-state index contributed by atoms with van der Waals surface area (Å²) in [5.41, 5.74) is 1.11. The Bertz CT molecular complexity index is 1950. The summed E-state index contributed by atoms with van der Waals surface area (Å²) < 4.78 is 35.7. The van der Waals surface area contributed by atoms with E-state index in [2.05, 4.69) is 12.0 Å². The van der Waals surface area contributed by atoms with E-state index in [0.29, 0.717) is 56.9 Å². The molecule has 0 aromatic carbocycles. The van der Waals surface area contributed by atoms with Gasteiger partial charge in [-0.05, 0) is 107 Å². The van der Waals surface area contributed by atoms with Crippen molar-refractivity contribution >= 4 is 29.2 Å². The Morgan fingerprint density at radius 1 is 0.914 bits per heavy atom. The highest BCUT2D eigenvalue weighted by atomic mass is 16.6. The quantitative estimate of drug-likeness (QED) is 0.127. The number of ether oxygens (including phenoxy) is 6. The van der Waals surface area contributed by atoms with Crippen LogP contribution in [0.3, 0.4) is 0 Å². The zero-order chi connectivity index (χ0) is 51.7. The Morgan fingerprint density at radius 2 is 1.66 bits per heavy atom. The van der Waals surface area contributed by atoms with E-state index in [4.69, 9.17) is 28.4 Å². The Balaban J connectivity index is 1.72. The minimum atomic E-state index is -2.47. The third-order valence-electron chi connectivity index (χ3n) is 14.9. The van der Waals surface area contributed by atoms with Crippen molar-refractivity contribution in [1.29, 1.82) is 0 Å². The molecule has 15 nitrogen and oxygen atoms in total. The highest BCUT2D eigenvalue weighted by molar-refractivity contribution is 6.39. The van der Waals surface area contributed by atoms with Gasteiger partial charge in [-0.1, -0.05) is 77.0 Å². The highest BCUT2D eigenvalue weighted by Crippen LogP contribution is 2.38. The van der Waals surface area contributed by atoms with Crippen LogP contribution in [0.25, 0.3) is 0 Å². The molecule has 15 heteroatoms. The SMILES string of the molecule is CC#CO[C@H]1C[C@@H]2CC[C@@H](C)[C@@](O)(O2)C(=O)C(=O)N2CCCC[C@H]2C(=O)O[C@H]([C@H](C)C[C@@H]2CC[C@H](OCCO)[C@H](OC)C2)CC(=O)C(C)=CC(C)[C@@H](O)[C@@H](OC)C(=O)[C@H](C)C[C@H](C)C=CC=CC=C1C. The fourth-order valence-electron chi connectivity index (χ4n) is 10.5. The van der Waals surface area contributed by atoms with Gasteiger partial charge in [-0.2, -0.15) is 0 Å². The largest absolute Gasteiger partial charge is 0.460 e. The van der Waals surface area contributed by atoms with E-state index in [9.17, 15) is 39.3 Å². The van der Waals surface area contributed by atoms with Gasteiger partial charge in [0.2, 0.25) is 5.79 Å². The fourth-order valence-corrected chi connectivity index (χ4v) is 10.5. The van der Waals surface area contributed by atoms with E-state index < -0.39 is 77.8 Å². The Hall–Kier alpha value is -4.01. The van der Waals surface area contributed by atoms with Gasteiger partial charge in [0.05, 0.1) is 37.6 Å². The first kappa shape index (κ1) is 58.6. The van der Waals surface area contributed by atoms with Crippen molar-refractivity contribution in [2.24, 2.45) is 35.5 Å². The van der Waals surface area contributed by atoms with E-state index in [1.807, 2.05) is 58.1 Å². The van der Waals surface area contributed by atoms with Gasteiger partial charge in [0.15, 0.2) is 11.6 Å². The van der Waals surface area contributed by atoms with Gasteiger partial charge in [0, 0.05) is 58.3 Å². The molecule has 70 heavy (non-hydrogen) atoms. The molecule has 3 aliphatic heterocycles.